The first-order chi connectivity index (χ1) is 7.48. The Balaban J connectivity index is 2.02. The molecule has 0 aliphatic carbocycles. The Labute approximate surface area is 93.6 Å². The molecule has 88 valence electrons. The van der Waals surface area contributed by atoms with Crippen LogP contribution in [0.4, 0.5) is 0 Å². The number of hydrogen-bond acceptors (Lipinski definition) is 4. The number of carbonyl (C=O) groups excluding carboxylic acids is 1. The van der Waals surface area contributed by atoms with E-state index in [2.05, 4.69) is 10.3 Å². The molecule has 1 aromatic heterocycles. The largest absolute Gasteiger partial charge is 0.347 e. The summed E-state index contributed by atoms with van der Waals surface area (Å²) in [6.45, 7) is 0. The van der Waals surface area contributed by atoms with Gasteiger partial charge in [-0.3, -0.25) is 4.79 Å². The zero-order valence-corrected chi connectivity index (χ0v) is 9.70. The average molecular weight is 243 g/mol. The molecule has 1 fully saturated rings. The summed E-state index contributed by atoms with van der Waals surface area (Å²) in [6.07, 6.45) is 3.48. The van der Waals surface area contributed by atoms with Crippen LogP contribution in [0.5, 0.6) is 0 Å². The standard InChI is InChI=1S/C9H13N3O3S/c1-12-6-10-4-8(12)9(13)11-7-2-3-16(14,15)5-7/h4,6-7H,2-3,5H2,1H3,(H,11,13). The number of amides is 1. The van der Waals surface area contributed by atoms with Crippen molar-refractivity contribution in [2.24, 2.45) is 7.05 Å². The number of aryl methyl sites for hydroxylation is 1. The van der Waals surface area contributed by atoms with Crippen molar-refractivity contribution in [1.29, 1.82) is 0 Å². The lowest BCUT2D eigenvalue weighted by molar-refractivity contribution is 0.0933. The molecule has 1 amide bonds. The minimum absolute atomic E-state index is 0.0383. The van der Waals surface area contributed by atoms with Gasteiger partial charge in [-0.2, -0.15) is 0 Å². The fraction of sp³-hybridized carbons (Fsp3) is 0.556. The molecule has 1 N–H and O–H groups in total. The predicted molar refractivity (Wildman–Crippen MR) is 57.7 cm³/mol. The molecule has 2 heterocycles. The Morgan fingerprint density at radius 3 is 2.88 bits per heavy atom. The van der Waals surface area contributed by atoms with Crippen LogP contribution < -0.4 is 5.32 Å². The summed E-state index contributed by atoms with van der Waals surface area (Å²) in [5, 5.41) is 2.70. The summed E-state index contributed by atoms with van der Waals surface area (Å²) in [7, 11) is -1.24. The van der Waals surface area contributed by atoms with Crippen LogP contribution in [0.2, 0.25) is 0 Å². The van der Waals surface area contributed by atoms with Gasteiger partial charge in [0.25, 0.3) is 5.91 Å². The maximum absolute atomic E-state index is 11.7. The highest BCUT2D eigenvalue weighted by molar-refractivity contribution is 7.91. The van der Waals surface area contributed by atoms with Crippen molar-refractivity contribution >= 4 is 15.7 Å². The Kier molecular flexibility index (Phi) is 2.71. The first kappa shape index (κ1) is 11.1. The Hall–Kier alpha value is -1.37. The maximum atomic E-state index is 11.7. The van der Waals surface area contributed by atoms with Gasteiger partial charge in [0.2, 0.25) is 0 Å². The van der Waals surface area contributed by atoms with E-state index >= 15 is 0 Å². The molecule has 0 radical (unpaired) electrons. The highest BCUT2D eigenvalue weighted by Gasteiger charge is 2.29. The van der Waals surface area contributed by atoms with E-state index in [1.807, 2.05) is 0 Å². The van der Waals surface area contributed by atoms with Crippen molar-refractivity contribution in [2.45, 2.75) is 12.5 Å². The number of carbonyl (C=O) groups is 1. The smallest absolute Gasteiger partial charge is 0.269 e. The molecule has 1 aliphatic heterocycles. The molecule has 1 aliphatic rings. The Morgan fingerprint density at radius 1 is 1.62 bits per heavy atom. The lowest BCUT2D eigenvalue weighted by Crippen LogP contribution is -2.36. The van der Waals surface area contributed by atoms with Crippen LogP contribution in [-0.4, -0.2) is 41.4 Å². The number of rotatable bonds is 2. The second kappa shape index (κ2) is 3.89. The van der Waals surface area contributed by atoms with Gasteiger partial charge in [0.05, 0.1) is 24.0 Å². The number of nitrogens with zero attached hydrogens (tertiary/aromatic N) is 2. The minimum atomic E-state index is -2.96. The molecule has 1 saturated heterocycles. The van der Waals surface area contributed by atoms with E-state index in [0.29, 0.717) is 12.1 Å². The van der Waals surface area contributed by atoms with Crippen molar-refractivity contribution in [2.75, 3.05) is 11.5 Å². The lowest BCUT2D eigenvalue weighted by atomic mass is 10.2. The van der Waals surface area contributed by atoms with Gasteiger partial charge in [-0.05, 0) is 6.42 Å². The lowest BCUT2D eigenvalue weighted by Gasteiger charge is -2.10. The fourth-order valence-corrected chi connectivity index (χ4v) is 3.42. The van der Waals surface area contributed by atoms with Crippen LogP contribution in [0.15, 0.2) is 12.5 Å². The van der Waals surface area contributed by atoms with Crippen LogP contribution in [0.1, 0.15) is 16.9 Å². The van der Waals surface area contributed by atoms with E-state index in [4.69, 9.17) is 0 Å². The monoisotopic (exact) mass is 243 g/mol. The molecule has 7 heteroatoms. The summed E-state index contributed by atoms with van der Waals surface area (Å²) in [5.41, 5.74) is 0.435. The molecular weight excluding hydrogens is 230 g/mol. The van der Waals surface area contributed by atoms with E-state index in [1.54, 1.807) is 11.6 Å². The third-order valence-corrected chi connectivity index (χ3v) is 4.38. The highest BCUT2D eigenvalue weighted by atomic mass is 32.2. The number of nitrogens with one attached hydrogen (secondary N) is 1. The number of imidazole rings is 1. The highest BCUT2D eigenvalue weighted by Crippen LogP contribution is 2.11. The van der Waals surface area contributed by atoms with Crippen LogP contribution in [0.25, 0.3) is 0 Å². The molecule has 1 unspecified atom stereocenters. The quantitative estimate of drug-likeness (QED) is 0.747. The molecule has 0 bridgehead atoms. The van der Waals surface area contributed by atoms with Crippen LogP contribution in [0, 0.1) is 0 Å². The number of hydrogen-bond donors (Lipinski definition) is 1. The van der Waals surface area contributed by atoms with E-state index in [1.165, 1.54) is 12.5 Å². The summed E-state index contributed by atoms with van der Waals surface area (Å²) < 4.78 is 24.0. The third kappa shape index (κ3) is 2.24. The molecule has 1 atom stereocenters. The van der Waals surface area contributed by atoms with Gasteiger partial charge < -0.3 is 9.88 Å². The predicted octanol–water partition coefficient (Wildman–Crippen LogP) is -0.663. The van der Waals surface area contributed by atoms with Crippen LogP contribution >= 0.6 is 0 Å². The molecule has 1 aromatic rings. The summed E-state index contributed by atoms with van der Waals surface area (Å²) in [4.78, 5) is 15.6. The zero-order chi connectivity index (χ0) is 11.8. The van der Waals surface area contributed by atoms with Gasteiger partial charge in [0.1, 0.15) is 5.69 Å². The van der Waals surface area contributed by atoms with E-state index < -0.39 is 9.84 Å². The summed E-state index contributed by atoms with van der Waals surface area (Å²) in [6, 6.07) is -0.271. The van der Waals surface area contributed by atoms with E-state index in [9.17, 15) is 13.2 Å². The van der Waals surface area contributed by atoms with Gasteiger partial charge in [0.15, 0.2) is 9.84 Å². The maximum Gasteiger partial charge on any atom is 0.269 e. The normalized spacial score (nSPS) is 23.2. The zero-order valence-electron chi connectivity index (χ0n) is 8.88. The van der Waals surface area contributed by atoms with Crippen molar-refractivity contribution in [3.8, 4) is 0 Å². The average Bonchev–Trinajstić information content (AvgIpc) is 2.72. The molecule has 16 heavy (non-hydrogen) atoms. The minimum Gasteiger partial charge on any atom is -0.347 e. The molecular formula is C9H13N3O3S. The number of aromatic nitrogens is 2. The van der Waals surface area contributed by atoms with E-state index in [0.717, 1.165) is 0 Å². The van der Waals surface area contributed by atoms with Gasteiger partial charge in [-0.25, -0.2) is 13.4 Å². The fourth-order valence-electron chi connectivity index (χ4n) is 1.74. The van der Waals surface area contributed by atoms with Crippen molar-refractivity contribution in [1.82, 2.24) is 14.9 Å². The SMILES string of the molecule is Cn1cncc1C(=O)NC1CCS(=O)(=O)C1. The van der Waals surface area contributed by atoms with Crippen molar-refractivity contribution < 1.29 is 13.2 Å². The molecule has 2 rings (SSSR count). The number of sulfone groups is 1. The van der Waals surface area contributed by atoms with Gasteiger partial charge in [-0.15, -0.1) is 0 Å². The molecule has 6 nitrogen and oxygen atoms in total. The summed E-state index contributed by atoms with van der Waals surface area (Å²) >= 11 is 0. The third-order valence-electron chi connectivity index (χ3n) is 2.62. The molecule has 0 saturated carbocycles. The van der Waals surface area contributed by atoms with Crippen LogP contribution in [-0.2, 0) is 16.9 Å². The Bertz CT molecular complexity index is 506. The van der Waals surface area contributed by atoms with Crippen LogP contribution in [0.3, 0.4) is 0 Å². The van der Waals surface area contributed by atoms with Crippen molar-refractivity contribution in [3.63, 3.8) is 0 Å². The first-order valence-corrected chi connectivity index (χ1v) is 6.78. The molecule has 0 spiro atoms. The van der Waals surface area contributed by atoms with Crippen molar-refractivity contribution in [3.05, 3.63) is 18.2 Å². The summed E-state index contributed by atoms with van der Waals surface area (Å²) in [5.74, 6) is -0.0815. The second-order valence-corrected chi connectivity index (χ2v) is 6.19. The second-order valence-electron chi connectivity index (χ2n) is 3.96. The van der Waals surface area contributed by atoms with E-state index in [-0.39, 0.29) is 23.5 Å². The topological polar surface area (TPSA) is 81.1 Å². The van der Waals surface area contributed by atoms with Gasteiger partial charge in [0, 0.05) is 13.1 Å². The first-order valence-electron chi connectivity index (χ1n) is 4.95. The molecule has 0 aromatic carbocycles. The Morgan fingerprint density at radius 2 is 2.38 bits per heavy atom. The van der Waals surface area contributed by atoms with Gasteiger partial charge in [-0.1, -0.05) is 0 Å². The van der Waals surface area contributed by atoms with Gasteiger partial charge >= 0.3 is 0 Å².